The molecule has 0 fully saturated rings. The van der Waals surface area contributed by atoms with Crippen LogP contribution < -0.4 is 0 Å². The number of nitro groups is 1. The van der Waals surface area contributed by atoms with Crippen LogP contribution in [0.15, 0.2) is 21.5 Å². The maximum absolute atomic E-state index is 10.9. The van der Waals surface area contributed by atoms with Crippen molar-refractivity contribution in [2.45, 2.75) is 4.90 Å². The first-order chi connectivity index (χ1) is 6.73. The summed E-state index contributed by atoms with van der Waals surface area (Å²) in [7, 11) is 0.757. The van der Waals surface area contributed by atoms with Crippen LogP contribution in [0, 0.1) is 10.1 Å². The summed E-state index contributed by atoms with van der Waals surface area (Å²) in [6, 6.07) is 1.95. The van der Waals surface area contributed by atoms with Gasteiger partial charge in [0.15, 0.2) is 0 Å². The second-order valence-corrected chi connectivity index (χ2v) is 5.92. The van der Waals surface area contributed by atoms with Crippen molar-refractivity contribution in [3.63, 3.8) is 0 Å². The van der Waals surface area contributed by atoms with Crippen molar-refractivity contribution in [3.8, 4) is 5.75 Å². The number of phenols is 1. The zero-order chi connectivity index (χ0) is 11.8. The van der Waals surface area contributed by atoms with Gasteiger partial charge in [-0.15, -0.1) is 0 Å². The van der Waals surface area contributed by atoms with E-state index in [-0.39, 0.29) is 4.47 Å². The SMILES string of the molecule is O=[N+]([O-])c1cc(Br)cc(S(=O)(=O)Cl)c1O. The number of benzene rings is 1. The van der Waals surface area contributed by atoms with Gasteiger partial charge in [0.25, 0.3) is 9.05 Å². The summed E-state index contributed by atoms with van der Waals surface area (Å²) in [4.78, 5) is 8.83. The third-order valence-corrected chi connectivity index (χ3v) is 3.27. The highest BCUT2D eigenvalue weighted by molar-refractivity contribution is 9.10. The lowest BCUT2D eigenvalue weighted by Crippen LogP contribution is -1.96. The normalized spacial score (nSPS) is 11.3. The van der Waals surface area contributed by atoms with Crippen LogP contribution in [0.1, 0.15) is 0 Å². The summed E-state index contributed by atoms with van der Waals surface area (Å²) < 4.78 is 22.0. The quantitative estimate of drug-likeness (QED) is 0.511. The number of phenolic OH excluding ortho intramolecular Hbond substituents is 1. The number of halogens is 2. The molecule has 0 aliphatic heterocycles. The highest BCUT2D eigenvalue weighted by atomic mass is 79.9. The van der Waals surface area contributed by atoms with Crippen LogP contribution in [0.25, 0.3) is 0 Å². The third kappa shape index (κ3) is 2.58. The molecule has 1 aromatic rings. The van der Waals surface area contributed by atoms with Gasteiger partial charge in [0.2, 0.25) is 5.75 Å². The maximum Gasteiger partial charge on any atom is 0.313 e. The first kappa shape index (κ1) is 12.2. The first-order valence-electron chi connectivity index (χ1n) is 3.35. The molecule has 0 saturated heterocycles. The van der Waals surface area contributed by atoms with Crippen molar-refractivity contribution in [1.29, 1.82) is 0 Å². The van der Waals surface area contributed by atoms with Gasteiger partial charge in [-0.25, -0.2) is 8.42 Å². The third-order valence-electron chi connectivity index (χ3n) is 1.48. The van der Waals surface area contributed by atoms with Gasteiger partial charge in [-0.2, -0.15) is 0 Å². The van der Waals surface area contributed by atoms with E-state index >= 15 is 0 Å². The van der Waals surface area contributed by atoms with Gasteiger partial charge in [-0.1, -0.05) is 15.9 Å². The second-order valence-electron chi connectivity index (χ2n) is 2.47. The van der Waals surface area contributed by atoms with Crippen LogP contribution in [0.5, 0.6) is 5.75 Å². The van der Waals surface area contributed by atoms with E-state index < -0.39 is 30.3 Å². The van der Waals surface area contributed by atoms with E-state index in [1.165, 1.54) is 0 Å². The number of aromatic hydroxyl groups is 1. The molecular formula is C6H3BrClNO5S. The zero-order valence-electron chi connectivity index (χ0n) is 6.85. The molecule has 15 heavy (non-hydrogen) atoms. The molecule has 1 rings (SSSR count). The Morgan fingerprint density at radius 2 is 2.00 bits per heavy atom. The molecule has 6 nitrogen and oxygen atoms in total. The van der Waals surface area contributed by atoms with Gasteiger partial charge in [0.05, 0.1) is 4.92 Å². The van der Waals surface area contributed by atoms with Crippen LogP contribution in [0.2, 0.25) is 0 Å². The van der Waals surface area contributed by atoms with Crippen molar-refractivity contribution < 1.29 is 18.4 Å². The number of rotatable bonds is 2. The standard InChI is InChI=1S/C6H3BrClNO5S/c7-3-1-4(9(11)12)6(10)5(2-3)15(8,13)14/h1-2,10H. The smallest absolute Gasteiger partial charge is 0.313 e. The van der Waals surface area contributed by atoms with Gasteiger partial charge in [-0.3, -0.25) is 10.1 Å². The molecule has 0 amide bonds. The van der Waals surface area contributed by atoms with Gasteiger partial charge in [-0.05, 0) is 6.07 Å². The maximum atomic E-state index is 10.9. The Hall–Kier alpha value is -0.860. The van der Waals surface area contributed by atoms with E-state index in [1.807, 2.05) is 0 Å². The van der Waals surface area contributed by atoms with Crippen molar-refractivity contribution >= 4 is 41.4 Å². The summed E-state index contributed by atoms with van der Waals surface area (Å²) in [5.74, 6) is -0.974. The Bertz CT molecular complexity index is 529. The Labute approximate surface area is 97.2 Å². The van der Waals surface area contributed by atoms with Gasteiger partial charge in [0, 0.05) is 21.2 Å². The van der Waals surface area contributed by atoms with Crippen LogP contribution in [0.4, 0.5) is 5.69 Å². The van der Waals surface area contributed by atoms with Crippen LogP contribution in [0.3, 0.4) is 0 Å². The molecule has 0 aliphatic carbocycles. The summed E-state index contributed by atoms with van der Waals surface area (Å²) in [5, 5.41) is 19.7. The topological polar surface area (TPSA) is 97.5 Å². The molecule has 0 saturated carbocycles. The Morgan fingerprint density at radius 3 is 2.40 bits per heavy atom. The Kier molecular flexibility index (Phi) is 3.22. The Balaban J connectivity index is 3.63. The molecule has 0 aromatic heterocycles. The fourth-order valence-electron chi connectivity index (χ4n) is 0.885. The van der Waals surface area contributed by atoms with E-state index in [0.717, 1.165) is 12.1 Å². The lowest BCUT2D eigenvalue weighted by Gasteiger charge is -2.02. The predicted molar refractivity (Wildman–Crippen MR) is 55.5 cm³/mol. The monoisotopic (exact) mass is 315 g/mol. The molecule has 0 bridgehead atoms. The van der Waals surface area contributed by atoms with E-state index in [4.69, 9.17) is 10.7 Å². The van der Waals surface area contributed by atoms with Crippen molar-refractivity contribution in [3.05, 3.63) is 26.7 Å². The molecule has 9 heteroatoms. The lowest BCUT2D eigenvalue weighted by atomic mass is 10.3. The Morgan fingerprint density at radius 1 is 1.47 bits per heavy atom. The molecule has 82 valence electrons. The highest BCUT2D eigenvalue weighted by Gasteiger charge is 2.25. The van der Waals surface area contributed by atoms with E-state index in [1.54, 1.807) is 0 Å². The van der Waals surface area contributed by atoms with Crippen molar-refractivity contribution in [2.24, 2.45) is 0 Å². The summed E-state index contributed by atoms with van der Waals surface area (Å²) in [6.45, 7) is 0. The van der Waals surface area contributed by atoms with Crippen LogP contribution >= 0.6 is 26.6 Å². The first-order valence-corrected chi connectivity index (χ1v) is 6.45. The molecule has 0 heterocycles. The van der Waals surface area contributed by atoms with Crippen molar-refractivity contribution in [2.75, 3.05) is 0 Å². The van der Waals surface area contributed by atoms with Crippen LogP contribution in [-0.4, -0.2) is 18.4 Å². The number of hydrogen-bond acceptors (Lipinski definition) is 5. The second kappa shape index (κ2) is 3.95. The predicted octanol–water partition coefficient (Wildman–Crippen LogP) is 1.99. The van der Waals surface area contributed by atoms with E-state index in [9.17, 15) is 23.6 Å². The fourth-order valence-corrected chi connectivity index (χ4v) is 2.44. The summed E-state index contributed by atoms with van der Waals surface area (Å²) in [6.07, 6.45) is 0. The molecule has 0 unspecified atom stereocenters. The molecule has 0 atom stereocenters. The molecule has 0 spiro atoms. The average molecular weight is 317 g/mol. The molecule has 1 N–H and O–H groups in total. The minimum Gasteiger partial charge on any atom is -0.501 e. The minimum absolute atomic E-state index is 0.131. The van der Waals surface area contributed by atoms with Gasteiger partial charge in [0.1, 0.15) is 4.90 Å². The number of nitro benzene ring substituents is 1. The van der Waals surface area contributed by atoms with Gasteiger partial charge >= 0.3 is 5.69 Å². The van der Waals surface area contributed by atoms with Crippen LogP contribution in [-0.2, 0) is 9.05 Å². The molecular weight excluding hydrogens is 313 g/mol. The fraction of sp³-hybridized carbons (Fsp3) is 0. The number of hydrogen-bond donors (Lipinski definition) is 1. The summed E-state index contributed by atoms with van der Waals surface area (Å²) >= 11 is 2.87. The molecule has 0 radical (unpaired) electrons. The van der Waals surface area contributed by atoms with E-state index in [0.29, 0.717) is 0 Å². The molecule has 1 aromatic carbocycles. The largest absolute Gasteiger partial charge is 0.501 e. The summed E-state index contributed by atoms with van der Waals surface area (Å²) in [5.41, 5.74) is -0.733. The number of nitrogens with zero attached hydrogens (tertiary/aromatic N) is 1. The molecule has 0 aliphatic rings. The van der Waals surface area contributed by atoms with Gasteiger partial charge < -0.3 is 5.11 Å². The van der Waals surface area contributed by atoms with E-state index in [2.05, 4.69) is 15.9 Å². The average Bonchev–Trinajstić information content (AvgIpc) is 2.06. The zero-order valence-corrected chi connectivity index (χ0v) is 10.0. The lowest BCUT2D eigenvalue weighted by molar-refractivity contribution is -0.386. The highest BCUT2D eigenvalue weighted by Crippen LogP contribution is 2.37. The minimum atomic E-state index is -4.22. The van der Waals surface area contributed by atoms with Crippen molar-refractivity contribution in [1.82, 2.24) is 0 Å².